The van der Waals surface area contributed by atoms with E-state index in [9.17, 15) is 14.4 Å². The molecule has 1 heterocycles. The van der Waals surface area contributed by atoms with Crippen LogP contribution >= 0.6 is 0 Å². The van der Waals surface area contributed by atoms with Crippen molar-refractivity contribution < 1.29 is 19.1 Å². The molecule has 6 heteroatoms. The van der Waals surface area contributed by atoms with Crippen LogP contribution in [0.4, 0.5) is 0 Å². The lowest BCUT2D eigenvalue weighted by Crippen LogP contribution is -2.25. The van der Waals surface area contributed by atoms with Gasteiger partial charge in [0.15, 0.2) is 6.10 Å². The molecule has 0 aliphatic rings. The highest BCUT2D eigenvalue weighted by molar-refractivity contribution is 6.05. The number of rotatable bonds is 5. The fourth-order valence-corrected chi connectivity index (χ4v) is 2.64. The summed E-state index contributed by atoms with van der Waals surface area (Å²) >= 11 is 0. The molecule has 0 bridgehead atoms. The first-order valence-corrected chi connectivity index (χ1v) is 8.01. The van der Waals surface area contributed by atoms with Crippen LogP contribution in [0, 0.1) is 0 Å². The molecular weight excluding hydrogens is 334 g/mol. The molecule has 3 aromatic rings. The molecule has 2 aromatic carbocycles. The molecule has 132 valence electrons. The van der Waals surface area contributed by atoms with Gasteiger partial charge in [0.1, 0.15) is 5.75 Å². The Hall–Kier alpha value is -3.41. The summed E-state index contributed by atoms with van der Waals surface area (Å²) in [5, 5.41) is 0.557. The third kappa shape index (κ3) is 3.49. The number of para-hydroxylation sites is 1. The van der Waals surface area contributed by atoms with Gasteiger partial charge >= 0.3 is 5.97 Å². The Morgan fingerprint density at radius 2 is 1.73 bits per heavy atom. The maximum absolute atomic E-state index is 12.5. The van der Waals surface area contributed by atoms with Crippen molar-refractivity contribution in [2.45, 2.75) is 13.0 Å². The molecule has 6 nitrogen and oxygen atoms in total. The summed E-state index contributed by atoms with van der Waals surface area (Å²) in [4.78, 5) is 39.4. The van der Waals surface area contributed by atoms with Gasteiger partial charge in [0.2, 0.25) is 11.3 Å². The Labute approximate surface area is 149 Å². The molecule has 1 atom stereocenters. The summed E-state index contributed by atoms with van der Waals surface area (Å²) in [7, 11) is 1.53. The zero-order chi connectivity index (χ0) is 18.7. The monoisotopic (exact) mass is 351 g/mol. The molecule has 3 rings (SSSR count). The molecular formula is C20H17NO5. The Balaban J connectivity index is 1.83. The Kier molecular flexibility index (Phi) is 4.84. The number of hydrogen-bond donors (Lipinski definition) is 1. The van der Waals surface area contributed by atoms with E-state index in [2.05, 4.69) is 4.98 Å². The molecule has 1 unspecified atom stereocenters. The molecule has 26 heavy (non-hydrogen) atoms. The van der Waals surface area contributed by atoms with E-state index in [0.29, 0.717) is 22.2 Å². The number of carbonyl (C=O) groups excluding carboxylic acids is 2. The summed E-state index contributed by atoms with van der Waals surface area (Å²) < 4.78 is 10.4. The van der Waals surface area contributed by atoms with Gasteiger partial charge in [0.05, 0.1) is 12.7 Å². The number of benzene rings is 2. The van der Waals surface area contributed by atoms with Crippen LogP contribution in [-0.2, 0) is 4.74 Å². The van der Waals surface area contributed by atoms with E-state index < -0.39 is 17.6 Å². The summed E-state index contributed by atoms with van der Waals surface area (Å²) in [6, 6.07) is 14.6. The van der Waals surface area contributed by atoms with Gasteiger partial charge in [0, 0.05) is 22.5 Å². The van der Waals surface area contributed by atoms with Gasteiger partial charge in [-0.05, 0) is 37.3 Å². The van der Waals surface area contributed by atoms with Gasteiger partial charge in [-0.3, -0.25) is 9.59 Å². The number of esters is 1. The molecule has 0 amide bonds. The van der Waals surface area contributed by atoms with Gasteiger partial charge in [0.25, 0.3) is 0 Å². The van der Waals surface area contributed by atoms with Crippen molar-refractivity contribution in [3.63, 3.8) is 0 Å². The van der Waals surface area contributed by atoms with Crippen LogP contribution in [0.25, 0.3) is 10.9 Å². The number of Topliss-reactive ketones (excluding diaryl/α,β-unsaturated/α-hetero) is 1. The highest BCUT2D eigenvalue weighted by atomic mass is 16.5. The fraction of sp³-hybridized carbons (Fsp3) is 0.150. The first-order valence-electron chi connectivity index (χ1n) is 8.01. The quantitative estimate of drug-likeness (QED) is 0.564. The van der Waals surface area contributed by atoms with Gasteiger partial charge in [-0.2, -0.15) is 0 Å². The van der Waals surface area contributed by atoms with E-state index in [-0.39, 0.29) is 11.3 Å². The number of aromatic amines is 1. The van der Waals surface area contributed by atoms with Crippen LogP contribution in [0.1, 0.15) is 27.6 Å². The average molecular weight is 351 g/mol. The van der Waals surface area contributed by atoms with E-state index in [1.165, 1.54) is 20.1 Å². The van der Waals surface area contributed by atoms with Crippen molar-refractivity contribution >= 4 is 22.7 Å². The van der Waals surface area contributed by atoms with E-state index in [1.807, 2.05) is 0 Å². The lowest BCUT2D eigenvalue weighted by Gasteiger charge is -2.13. The number of pyridine rings is 1. The second-order valence-electron chi connectivity index (χ2n) is 5.73. The smallest absolute Gasteiger partial charge is 0.339 e. The topological polar surface area (TPSA) is 85.5 Å². The zero-order valence-electron chi connectivity index (χ0n) is 14.3. The highest BCUT2D eigenvalue weighted by Gasteiger charge is 2.22. The van der Waals surface area contributed by atoms with Crippen molar-refractivity contribution in [3.05, 3.63) is 76.1 Å². The lowest BCUT2D eigenvalue weighted by atomic mass is 10.1. The molecule has 1 N–H and O–H groups in total. The van der Waals surface area contributed by atoms with Crippen LogP contribution in [-0.4, -0.2) is 30.0 Å². The maximum Gasteiger partial charge on any atom is 0.339 e. The Morgan fingerprint density at radius 1 is 1.04 bits per heavy atom. The number of ketones is 1. The summed E-state index contributed by atoms with van der Waals surface area (Å²) in [6.45, 7) is 1.50. The minimum atomic E-state index is -0.992. The first-order chi connectivity index (χ1) is 12.5. The van der Waals surface area contributed by atoms with E-state index in [4.69, 9.17) is 9.47 Å². The number of H-pyrrole nitrogens is 1. The van der Waals surface area contributed by atoms with Gasteiger partial charge in [-0.25, -0.2) is 4.79 Å². The van der Waals surface area contributed by atoms with Crippen molar-refractivity contribution in [2.24, 2.45) is 0 Å². The SMILES string of the molecule is COc1ccc(C(=O)C(C)OC(=O)c2cc(=O)[nH]c3ccccc23)cc1. The van der Waals surface area contributed by atoms with E-state index in [1.54, 1.807) is 48.5 Å². The number of carbonyl (C=O) groups is 2. The van der Waals surface area contributed by atoms with Crippen molar-refractivity contribution in [2.75, 3.05) is 7.11 Å². The minimum Gasteiger partial charge on any atom is -0.497 e. The standard InChI is InChI=1S/C20H17NO5/c1-12(19(23)13-7-9-14(25-2)10-8-13)26-20(24)16-11-18(22)21-17-6-4-3-5-15(16)17/h3-12H,1-2H3,(H,21,22). The average Bonchev–Trinajstić information content (AvgIpc) is 2.66. The summed E-state index contributed by atoms with van der Waals surface area (Å²) in [5.41, 5.74) is 0.645. The second kappa shape index (κ2) is 7.23. The molecule has 1 aromatic heterocycles. The predicted molar refractivity (Wildman–Crippen MR) is 96.8 cm³/mol. The van der Waals surface area contributed by atoms with E-state index in [0.717, 1.165) is 0 Å². The van der Waals surface area contributed by atoms with Crippen molar-refractivity contribution in [3.8, 4) is 5.75 Å². The van der Waals surface area contributed by atoms with Crippen LogP contribution < -0.4 is 10.3 Å². The third-order valence-corrected chi connectivity index (χ3v) is 4.00. The Morgan fingerprint density at radius 3 is 2.42 bits per heavy atom. The van der Waals surface area contributed by atoms with Crippen LogP contribution in [0.5, 0.6) is 5.75 Å². The normalized spacial score (nSPS) is 11.8. The fourth-order valence-electron chi connectivity index (χ4n) is 2.64. The Bertz CT molecular complexity index is 1020. The number of nitrogens with one attached hydrogen (secondary N) is 1. The zero-order valence-corrected chi connectivity index (χ0v) is 14.3. The maximum atomic E-state index is 12.5. The summed E-state index contributed by atoms with van der Waals surface area (Å²) in [5.74, 6) is -0.432. The van der Waals surface area contributed by atoms with Crippen molar-refractivity contribution in [1.29, 1.82) is 0 Å². The molecule has 0 saturated heterocycles. The van der Waals surface area contributed by atoms with Crippen LogP contribution in [0.3, 0.4) is 0 Å². The lowest BCUT2D eigenvalue weighted by molar-refractivity contribution is 0.0320. The molecule has 0 aliphatic carbocycles. The number of hydrogen-bond acceptors (Lipinski definition) is 5. The van der Waals surface area contributed by atoms with Crippen molar-refractivity contribution in [1.82, 2.24) is 4.98 Å². The van der Waals surface area contributed by atoms with Crippen LogP contribution in [0.15, 0.2) is 59.4 Å². The van der Waals surface area contributed by atoms with E-state index >= 15 is 0 Å². The predicted octanol–water partition coefficient (Wildman–Crippen LogP) is 2.96. The molecule has 0 radical (unpaired) electrons. The highest BCUT2D eigenvalue weighted by Crippen LogP contribution is 2.18. The molecule has 0 saturated carbocycles. The summed E-state index contributed by atoms with van der Waals surface area (Å²) in [6.07, 6.45) is -0.992. The second-order valence-corrected chi connectivity index (χ2v) is 5.73. The minimum absolute atomic E-state index is 0.124. The van der Waals surface area contributed by atoms with Gasteiger partial charge < -0.3 is 14.5 Å². The molecule has 0 aliphatic heterocycles. The number of ether oxygens (including phenoxy) is 2. The number of methoxy groups -OCH3 is 1. The van der Waals surface area contributed by atoms with Gasteiger partial charge in [-0.1, -0.05) is 18.2 Å². The van der Waals surface area contributed by atoms with Crippen LogP contribution in [0.2, 0.25) is 0 Å². The third-order valence-electron chi connectivity index (χ3n) is 4.00. The molecule has 0 spiro atoms. The first kappa shape index (κ1) is 17.4. The number of aromatic nitrogens is 1. The number of fused-ring (bicyclic) bond motifs is 1. The molecule has 0 fully saturated rings. The largest absolute Gasteiger partial charge is 0.497 e. The van der Waals surface area contributed by atoms with Gasteiger partial charge in [-0.15, -0.1) is 0 Å².